The van der Waals surface area contributed by atoms with E-state index in [4.69, 9.17) is 28.0 Å². The van der Waals surface area contributed by atoms with Gasteiger partial charge >= 0.3 is 5.97 Å². The number of hydrogen-bond donors (Lipinski definition) is 2. The summed E-state index contributed by atoms with van der Waals surface area (Å²) < 4.78 is 0. The summed E-state index contributed by atoms with van der Waals surface area (Å²) in [4.78, 5) is 27.3. The predicted octanol–water partition coefficient (Wildman–Crippen LogP) is 4.97. The second-order valence-corrected chi connectivity index (χ2v) is 7.48. The molecule has 2 aromatic rings. The highest BCUT2D eigenvalue weighted by atomic mass is 35.5. The number of amides is 1. The molecule has 29 heavy (non-hydrogen) atoms. The highest BCUT2D eigenvalue weighted by Crippen LogP contribution is 2.54. The standard InChI is InChI=1S/C21H20Cl2N2O4/c1-3-21(13-4-6-15(7-5-13)25(12-26)29-2)16(8-9-19(27)28)20-17(23)10-14(22)11-18(20)24-21/h4-12,16,24H,3H2,1-2H3,(H,27,28). The Labute approximate surface area is 178 Å². The first-order chi connectivity index (χ1) is 13.9. The molecular weight excluding hydrogens is 415 g/mol. The van der Waals surface area contributed by atoms with Gasteiger partial charge in [0.1, 0.15) is 0 Å². The average molecular weight is 435 g/mol. The third-order valence-electron chi connectivity index (χ3n) is 5.21. The van der Waals surface area contributed by atoms with Crippen LogP contribution < -0.4 is 10.4 Å². The molecule has 0 radical (unpaired) electrons. The molecule has 1 aliphatic rings. The number of rotatable bonds is 7. The number of halogens is 2. The van der Waals surface area contributed by atoms with Crippen molar-refractivity contribution in [3.05, 3.63) is 69.7 Å². The zero-order valence-electron chi connectivity index (χ0n) is 15.9. The monoisotopic (exact) mass is 434 g/mol. The zero-order valence-corrected chi connectivity index (χ0v) is 17.4. The molecule has 0 aromatic heterocycles. The number of hydroxylamine groups is 1. The van der Waals surface area contributed by atoms with Crippen LogP contribution in [0.1, 0.15) is 30.4 Å². The molecule has 2 N–H and O–H groups in total. The first-order valence-electron chi connectivity index (χ1n) is 8.93. The number of hydrogen-bond acceptors (Lipinski definition) is 4. The van der Waals surface area contributed by atoms with Crippen LogP contribution >= 0.6 is 23.2 Å². The number of carbonyl (C=O) groups excluding carboxylic acids is 1. The van der Waals surface area contributed by atoms with E-state index >= 15 is 0 Å². The van der Waals surface area contributed by atoms with Gasteiger partial charge in [0.2, 0.25) is 6.41 Å². The lowest BCUT2D eigenvalue weighted by atomic mass is 9.75. The minimum Gasteiger partial charge on any atom is -0.478 e. The van der Waals surface area contributed by atoms with Gasteiger partial charge in [0.15, 0.2) is 0 Å². The third-order valence-corrected chi connectivity index (χ3v) is 5.74. The van der Waals surface area contributed by atoms with E-state index in [0.717, 1.165) is 28.0 Å². The molecule has 152 valence electrons. The molecule has 3 rings (SSSR count). The maximum absolute atomic E-state index is 11.2. The van der Waals surface area contributed by atoms with E-state index in [2.05, 4.69) is 5.32 Å². The van der Waals surface area contributed by atoms with Gasteiger partial charge in [-0.05, 0) is 36.2 Å². The summed E-state index contributed by atoms with van der Waals surface area (Å²) in [7, 11) is 1.41. The lowest BCUT2D eigenvalue weighted by Gasteiger charge is -2.35. The quantitative estimate of drug-likeness (QED) is 0.365. The van der Waals surface area contributed by atoms with Crippen molar-refractivity contribution in [1.29, 1.82) is 0 Å². The van der Waals surface area contributed by atoms with Gasteiger partial charge in [0, 0.05) is 33.3 Å². The topological polar surface area (TPSA) is 78.9 Å². The molecular formula is C21H20Cl2N2O4. The van der Waals surface area contributed by atoms with Crippen LogP contribution in [0.5, 0.6) is 0 Å². The van der Waals surface area contributed by atoms with Crippen molar-refractivity contribution in [2.75, 3.05) is 17.5 Å². The summed E-state index contributed by atoms with van der Waals surface area (Å²) in [6.45, 7) is 2.01. The predicted molar refractivity (Wildman–Crippen MR) is 114 cm³/mol. The molecule has 2 unspecified atom stereocenters. The fourth-order valence-electron chi connectivity index (χ4n) is 3.89. The van der Waals surface area contributed by atoms with Crippen LogP contribution in [0.15, 0.2) is 48.6 Å². The molecule has 8 heteroatoms. The van der Waals surface area contributed by atoms with E-state index in [0.29, 0.717) is 28.6 Å². The van der Waals surface area contributed by atoms with Crippen molar-refractivity contribution in [2.24, 2.45) is 0 Å². The molecule has 0 bridgehead atoms. The molecule has 2 atom stereocenters. The van der Waals surface area contributed by atoms with Gasteiger partial charge in [-0.1, -0.05) is 48.3 Å². The Hall–Kier alpha value is -2.54. The summed E-state index contributed by atoms with van der Waals surface area (Å²) in [6.07, 6.45) is 4.00. The number of aliphatic carboxylic acids is 1. The molecule has 0 aliphatic carbocycles. The second-order valence-electron chi connectivity index (χ2n) is 6.63. The zero-order chi connectivity index (χ0) is 21.2. The Morgan fingerprint density at radius 1 is 1.31 bits per heavy atom. The highest BCUT2D eigenvalue weighted by Gasteiger charge is 2.46. The number of nitrogens with one attached hydrogen (secondary N) is 1. The molecule has 1 heterocycles. The Morgan fingerprint density at radius 2 is 2.00 bits per heavy atom. The van der Waals surface area contributed by atoms with Crippen molar-refractivity contribution in [2.45, 2.75) is 24.8 Å². The van der Waals surface area contributed by atoms with E-state index in [-0.39, 0.29) is 5.92 Å². The summed E-state index contributed by atoms with van der Waals surface area (Å²) >= 11 is 12.7. The van der Waals surface area contributed by atoms with E-state index in [1.54, 1.807) is 30.3 Å². The van der Waals surface area contributed by atoms with E-state index in [1.807, 2.05) is 19.1 Å². The van der Waals surface area contributed by atoms with Crippen molar-refractivity contribution >= 4 is 47.0 Å². The van der Waals surface area contributed by atoms with Crippen LogP contribution in [-0.4, -0.2) is 24.6 Å². The number of carbonyl (C=O) groups is 2. The van der Waals surface area contributed by atoms with E-state index in [9.17, 15) is 14.7 Å². The normalized spacial score (nSPS) is 20.3. The van der Waals surface area contributed by atoms with Gasteiger partial charge in [-0.15, -0.1) is 0 Å². The molecule has 1 amide bonds. The number of fused-ring (bicyclic) bond motifs is 1. The number of carboxylic acid groups (broad SMARTS) is 1. The number of carboxylic acids is 1. The summed E-state index contributed by atoms with van der Waals surface area (Å²) in [5.41, 5.74) is 2.41. The first-order valence-corrected chi connectivity index (χ1v) is 9.69. The smallest absolute Gasteiger partial charge is 0.327 e. The summed E-state index contributed by atoms with van der Waals surface area (Å²) in [5.74, 6) is -1.37. The van der Waals surface area contributed by atoms with E-state index < -0.39 is 11.5 Å². The fourth-order valence-corrected chi connectivity index (χ4v) is 4.50. The minimum atomic E-state index is -1.04. The van der Waals surface area contributed by atoms with Gasteiger partial charge < -0.3 is 10.4 Å². The largest absolute Gasteiger partial charge is 0.478 e. The van der Waals surface area contributed by atoms with Crippen LogP contribution in [0.3, 0.4) is 0 Å². The fraction of sp³-hybridized carbons (Fsp3) is 0.238. The van der Waals surface area contributed by atoms with Gasteiger partial charge in [-0.2, -0.15) is 5.06 Å². The van der Waals surface area contributed by atoms with Gasteiger partial charge in [0.05, 0.1) is 18.3 Å². The molecule has 0 spiro atoms. The maximum atomic E-state index is 11.2. The van der Waals surface area contributed by atoms with Gasteiger partial charge in [-0.3, -0.25) is 9.63 Å². The Bertz CT molecular complexity index is 962. The second kappa shape index (κ2) is 8.45. The maximum Gasteiger partial charge on any atom is 0.327 e. The molecule has 2 aromatic carbocycles. The highest BCUT2D eigenvalue weighted by molar-refractivity contribution is 6.35. The molecule has 6 nitrogen and oxygen atoms in total. The number of anilines is 2. The van der Waals surface area contributed by atoms with Crippen molar-refractivity contribution in [1.82, 2.24) is 0 Å². The van der Waals surface area contributed by atoms with Crippen LogP contribution in [0, 0.1) is 0 Å². The van der Waals surface area contributed by atoms with Crippen LogP contribution in [-0.2, 0) is 20.0 Å². The van der Waals surface area contributed by atoms with Gasteiger partial charge in [0.25, 0.3) is 0 Å². The van der Waals surface area contributed by atoms with Gasteiger partial charge in [-0.25, -0.2) is 4.79 Å². The number of nitrogens with zero attached hydrogens (tertiary/aromatic N) is 1. The van der Waals surface area contributed by atoms with E-state index in [1.165, 1.54) is 7.11 Å². The summed E-state index contributed by atoms with van der Waals surface area (Å²) in [5, 5.41) is 14.8. The molecule has 0 fully saturated rings. The SMILES string of the molecule is CCC1(c2ccc(N(C=O)OC)cc2)Nc2cc(Cl)cc(Cl)c2C1C=CC(=O)O. The Kier molecular flexibility index (Phi) is 6.17. The van der Waals surface area contributed by atoms with Crippen LogP contribution in [0.25, 0.3) is 0 Å². The van der Waals surface area contributed by atoms with Crippen LogP contribution in [0.4, 0.5) is 11.4 Å². The summed E-state index contributed by atoms with van der Waals surface area (Å²) in [6, 6.07) is 10.7. The van der Waals surface area contributed by atoms with Crippen molar-refractivity contribution in [3.8, 4) is 0 Å². The molecule has 0 saturated carbocycles. The average Bonchev–Trinajstić information content (AvgIpc) is 3.02. The van der Waals surface area contributed by atoms with Crippen molar-refractivity contribution < 1.29 is 19.5 Å². The van der Waals surface area contributed by atoms with Crippen molar-refractivity contribution in [3.63, 3.8) is 0 Å². The lowest BCUT2D eigenvalue weighted by Crippen LogP contribution is -2.35. The molecule has 1 aliphatic heterocycles. The number of benzene rings is 2. The minimum absolute atomic E-state index is 0.334. The molecule has 0 saturated heterocycles. The first kappa shape index (κ1) is 21.2. The lowest BCUT2D eigenvalue weighted by molar-refractivity contribution is -0.131. The Morgan fingerprint density at radius 3 is 2.55 bits per heavy atom. The third kappa shape index (κ3) is 3.83. The Balaban J connectivity index is 2.14. The van der Waals surface area contributed by atoms with Crippen LogP contribution in [0.2, 0.25) is 10.0 Å².